The van der Waals surface area contributed by atoms with Gasteiger partial charge in [0.15, 0.2) is 0 Å². The van der Waals surface area contributed by atoms with Gasteiger partial charge >= 0.3 is 0 Å². The van der Waals surface area contributed by atoms with Crippen LogP contribution in [0.1, 0.15) is 11.1 Å². The molecule has 19 heavy (non-hydrogen) atoms. The SMILES string of the molecule is OCc1cc(F)cc(OCc2ccc(F)cc2Cl)c1. The van der Waals surface area contributed by atoms with Crippen molar-refractivity contribution < 1.29 is 18.6 Å². The molecule has 0 aliphatic heterocycles. The fourth-order valence-corrected chi connectivity index (χ4v) is 1.82. The van der Waals surface area contributed by atoms with Crippen LogP contribution in [0.5, 0.6) is 5.75 Å². The third kappa shape index (κ3) is 3.66. The van der Waals surface area contributed by atoms with E-state index in [0.717, 1.165) is 0 Å². The lowest BCUT2D eigenvalue weighted by Gasteiger charge is -2.09. The van der Waals surface area contributed by atoms with Gasteiger partial charge in [-0.05, 0) is 29.8 Å². The predicted octanol–water partition coefficient (Wildman–Crippen LogP) is 3.69. The summed E-state index contributed by atoms with van der Waals surface area (Å²) >= 11 is 5.85. The highest BCUT2D eigenvalue weighted by atomic mass is 35.5. The van der Waals surface area contributed by atoms with Crippen molar-refractivity contribution in [3.05, 3.63) is 64.2 Å². The lowest BCUT2D eigenvalue weighted by molar-refractivity contribution is 0.276. The first-order valence-corrected chi connectivity index (χ1v) is 5.93. The van der Waals surface area contributed by atoms with E-state index in [1.54, 1.807) is 0 Å². The molecule has 0 aliphatic rings. The molecule has 0 heterocycles. The summed E-state index contributed by atoms with van der Waals surface area (Å²) in [5.74, 6) is -0.640. The van der Waals surface area contributed by atoms with E-state index in [1.165, 1.54) is 36.4 Å². The van der Waals surface area contributed by atoms with Crippen molar-refractivity contribution in [1.82, 2.24) is 0 Å². The third-order valence-corrected chi connectivity index (χ3v) is 2.87. The van der Waals surface area contributed by atoms with Crippen LogP contribution < -0.4 is 4.74 Å². The smallest absolute Gasteiger partial charge is 0.127 e. The van der Waals surface area contributed by atoms with Crippen molar-refractivity contribution in [2.45, 2.75) is 13.2 Å². The summed E-state index contributed by atoms with van der Waals surface area (Å²) in [5, 5.41) is 9.21. The zero-order valence-corrected chi connectivity index (χ0v) is 10.6. The molecule has 1 N–H and O–H groups in total. The minimum atomic E-state index is -0.494. The van der Waals surface area contributed by atoms with Gasteiger partial charge in [0.25, 0.3) is 0 Å². The Bertz CT molecular complexity index is 588. The summed E-state index contributed by atoms with van der Waals surface area (Å²) in [6, 6.07) is 7.92. The van der Waals surface area contributed by atoms with E-state index in [1.807, 2.05) is 0 Å². The first kappa shape index (κ1) is 13.8. The molecule has 0 radical (unpaired) electrons. The van der Waals surface area contributed by atoms with Gasteiger partial charge in [0.05, 0.1) is 11.6 Å². The molecule has 2 aromatic carbocycles. The average molecular weight is 285 g/mol. The van der Waals surface area contributed by atoms with Crippen molar-refractivity contribution in [1.29, 1.82) is 0 Å². The number of aliphatic hydroxyl groups is 1. The summed E-state index contributed by atoms with van der Waals surface area (Å²) in [4.78, 5) is 0. The quantitative estimate of drug-likeness (QED) is 0.928. The van der Waals surface area contributed by atoms with E-state index in [0.29, 0.717) is 11.1 Å². The Balaban J connectivity index is 2.12. The number of benzene rings is 2. The highest BCUT2D eigenvalue weighted by Gasteiger charge is 2.05. The third-order valence-electron chi connectivity index (χ3n) is 2.52. The van der Waals surface area contributed by atoms with E-state index in [9.17, 15) is 8.78 Å². The second kappa shape index (κ2) is 5.99. The lowest BCUT2D eigenvalue weighted by atomic mass is 10.2. The Morgan fingerprint density at radius 3 is 2.53 bits per heavy atom. The Morgan fingerprint density at radius 1 is 1.05 bits per heavy atom. The molecule has 0 fully saturated rings. The van der Waals surface area contributed by atoms with Crippen LogP contribution in [0.15, 0.2) is 36.4 Å². The van der Waals surface area contributed by atoms with Gasteiger partial charge in [0, 0.05) is 11.6 Å². The van der Waals surface area contributed by atoms with Crippen LogP contribution in [0.2, 0.25) is 5.02 Å². The number of rotatable bonds is 4. The second-order valence-electron chi connectivity index (χ2n) is 3.98. The van der Waals surface area contributed by atoms with E-state index in [-0.39, 0.29) is 24.0 Å². The Kier molecular flexibility index (Phi) is 4.35. The molecule has 0 bridgehead atoms. The molecule has 2 rings (SSSR count). The Morgan fingerprint density at radius 2 is 1.84 bits per heavy atom. The molecule has 0 saturated carbocycles. The maximum atomic E-state index is 13.2. The summed E-state index contributed by atoms with van der Waals surface area (Å²) in [5.41, 5.74) is 1.01. The van der Waals surface area contributed by atoms with Gasteiger partial charge in [0.1, 0.15) is 24.0 Å². The molecule has 2 aromatic rings. The molecule has 0 amide bonds. The van der Waals surface area contributed by atoms with Gasteiger partial charge in [-0.25, -0.2) is 8.78 Å². The molecule has 100 valence electrons. The first-order valence-electron chi connectivity index (χ1n) is 5.55. The standard InChI is InChI=1S/C14H11ClF2O2/c15-14-6-11(16)2-1-10(14)8-19-13-4-9(7-18)3-12(17)5-13/h1-6,18H,7-8H2. The van der Waals surface area contributed by atoms with Crippen molar-refractivity contribution in [2.75, 3.05) is 0 Å². The van der Waals surface area contributed by atoms with Crippen molar-refractivity contribution in [3.63, 3.8) is 0 Å². The molecule has 5 heteroatoms. The van der Waals surface area contributed by atoms with Crippen LogP contribution in [0.3, 0.4) is 0 Å². The molecular formula is C14H11ClF2O2. The van der Waals surface area contributed by atoms with Crippen LogP contribution in [0, 0.1) is 11.6 Å². The van der Waals surface area contributed by atoms with E-state index < -0.39 is 11.6 Å². The maximum absolute atomic E-state index is 13.2. The second-order valence-corrected chi connectivity index (χ2v) is 4.38. The molecular weight excluding hydrogens is 274 g/mol. The van der Waals surface area contributed by atoms with Gasteiger partial charge < -0.3 is 9.84 Å². The zero-order chi connectivity index (χ0) is 13.8. The van der Waals surface area contributed by atoms with Gasteiger partial charge in [-0.2, -0.15) is 0 Å². The van der Waals surface area contributed by atoms with Gasteiger partial charge in [-0.1, -0.05) is 17.7 Å². The van der Waals surface area contributed by atoms with Crippen molar-refractivity contribution >= 4 is 11.6 Å². The first-order chi connectivity index (χ1) is 9.08. The number of hydrogen-bond acceptors (Lipinski definition) is 2. The molecule has 0 saturated heterocycles. The number of aliphatic hydroxyl groups excluding tert-OH is 1. The summed E-state index contributed by atoms with van der Waals surface area (Å²) in [6.07, 6.45) is 0. The predicted molar refractivity (Wildman–Crippen MR) is 68.1 cm³/mol. The normalized spacial score (nSPS) is 10.5. The molecule has 0 aliphatic carbocycles. The minimum absolute atomic E-state index is 0.0907. The van der Waals surface area contributed by atoms with Gasteiger partial charge in [-0.3, -0.25) is 0 Å². The van der Waals surface area contributed by atoms with Crippen LogP contribution in [-0.2, 0) is 13.2 Å². The number of ether oxygens (including phenoxy) is 1. The fraction of sp³-hybridized carbons (Fsp3) is 0.143. The number of halogens is 3. The lowest BCUT2D eigenvalue weighted by Crippen LogP contribution is -1.98. The van der Waals surface area contributed by atoms with Crippen LogP contribution in [0.4, 0.5) is 8.78 Å². The highest BCUT2D eigenvalue weighted by Crippen LogP contribution is 2.21. The molecule has 0 atom stereocenters. The average Bonchev–Trinajstić information content (AvgIpc) is 2.37. The summed E-state index contributed by atoms with van der Waals surface area (Å²) in [7, 11) is 0. The topological polar surface area (TPSA) is 29.5 Å². The van der Waals surface area contributed by atoms with E-state index in [4.69, 9.17) is 21.4 Å². The van der Waals surface area contributed by atoms with Crippen molar-refractivity contribution in [3.8, 4) is 5.75 Å². The molecule has 0 spiro atoms. The summed E-state index contributed by atoms with van der Waals surface area (Å²) < 4.78 is 31.4. The Labute approximate surface area is 114 Å². The Hall–Kier alpha value is -1.65. The van der Waals surface area contributed by atoms with Gasteiger partial charge in [0.2, 0.25) is 0 Å². The van der Waals surface area contributed by atoms with E-state index in [2.05, 4.69) is 0 Å². The largest absolute Gasteiger partial charge is 0.489 e. The molecule has 2 nitrogen and oxygen atoms in total. The van der Waals surface area contributed by atoms with Crippen molar-refractivity contribution in [2.24, 2.45) is 0 Å². The van der Waals surface area contributed by atoms with Crippen LogP contribution in [-0.4, -0.2) is 5.11 Å². The zero-order valence-electron chi connectivity index (χ0n) is 9.87. The van der Waals surface area contributed by atoms with E-state index >= 15 is 0 Å². The highest BCUT2D eigenvalue weighted by molar-refractivity contribution is 6.31. The van der Waals surface area contributed by atoms with Gasteiger partial charge in [-0.15, -0.1) is 0 Å². The minimum Gasteiger partial charge on any atom is -0.489 e. The molecule has 0 aromatic heterocycles. The summed E-state index contributed by atoms with van der Waals surface area (Å²) in [6.45, 7) is -0.182. The van der Waals surface area contributed by atoms with Crippen LogP contribution in [0.25, 0.3) is 0 Å². The maximum Gasteiger partial charge on any atom is 0.127 e. The number of hydrogen-bond donors (Lipinski definition) is 1. The monoisotopic (exact) mass is 284 g/mol. The molecule has 0 unspecified atom stereocenters. The fourth-order valence-electron chi connectivity index (χ4n) is 1.60. The van der Waals surface area contributed by atoms with Crippen LogP contribution >= 0.6 is 11.6 Å².